The second-order valence-electron chi connectivity index (χ2n) is 17.3. The molecule has 2 aliphatic carbocycles. The zero-order chi connectivity index (χ0) is 45.1. The molecule has 16 nitrogen and oxygen atoms in total. The molecule has 8 aromatic rings. The summed E-state index contributed by atoms with van der Waals surface area (Å²) >= 11 is 6.85. The van der Waals surface area contributed by atoms with E-state index in [1.807, 2.05) is 42.7 Å². The van der Waals surface area contributed by atoms with Crippen molar-refractivity contribution in [2.75, 3.05) is 22.1 Å². The fourth-order valence-electron chi connectivity index (χ4n) is 9.32. The Morgan fingerprint density at radius 2 is 1.24 bits per heavy atom. The fraction of sp³-hybridized carbons (Fsp3) is 0.265. The predicted molar refractivity (Wildman–Crippen MR) is 258 cm³/mol. The molecule has 0 saturated heterocycles. The Morgan fingerprint density at radius 1 is 0.636 bits per heavy atom. The average molecular weight is 901 g/mol. The maximum Gasteiger partial charge on any atom is 0.270 e. The minimum absolute atomic E-state index is 0.0206. The van der Waals surface area contributed by atoms with E-state index in [1.54, 1.807) is 30.5 Å². The number of nitrogen functional groups attached to an aromatic ring is 2. The molecule has 10 N–H and O–H groups in total. The van der Waals surface area contributed by atoms with Gasteiger partial charge in [0, 0.05) is 87.2 Å². The summed E-state index contributed by atoms with van der Waals surface area (Å²) in [6, 6.07) is 23.1. The number of nitrogens with one attached hydrogen (secondary N) is 6. The smallest absolute Gasteiger partial charge is 0.270 e. The van der Waals surface area contributed by atoms with Crippen LogP contribution in [0.4, 0.5) is 23.3 Å². The van der Waals surface area contributed by atoms with Crippen LogP contribution in [0.3, 0.4) is 0 Å². The summed E-state index contributed by atoms with van der Waals surface area (Å²) in [5, 5.41) is 15.9. The number of hydrogen-bond donors (Lipinski definition) is 8. The summed E-state index contributed by atoms with van der Waals surface area (Å²) in [4.78, 5) is 60.9. The van der Waals surface area contributed by atoms with Crippen molar-refractivity contribution in [2.24, 2.45) is 0 Å². The van der Waals surface area contributed by atoms with Crippen LogP contribution in [0.1, 0.15) is 83.6 Å². The van der Waals surface area contributed by atoms with E-state index in [-0.39, 0.29) is 36.0 Å². The van der Waals surface area contributed by atoms with Crippen LogP contribution >= 0.6 is 11.6 Å². The van der Waals surface area contributed by atoms with Crippen molar-refractivity contribution < 1.29 is 9.59 Å². The molecule has 2 amide bonds. The van der Waals surface area contributed by atoms with Gasteiger partial charge in [-0.25, -0.2) is 29.9 Å². The highest BCUT2D eigenvalue weighted by Gasteiger charge is 2.27. The van der Waals surface area contributed by atoms with E-state index in [9.17, 15) is 9.59 Å². The molecule has 0 aliphatic heterocycles. The number of pyridine rings is 2. The number of fused-ring (bicyclic) bond motifs is 2. The van der Waals surface area contributed by atoms with Crippen LogP contribution in [0, 0.1) is 0 Å². The van der Waals surface area contributed by atoms with Gasteiger partial charge >= 0.3 is 0 Å². The Balaban J connectivity index is 0.873. The van der Waals surface area contributed by atoms with Gasteiger partial charge in [0.15, 0.2) is 0 Å². The van der Waals surface area contributed by atoms with Gasteiger partial charge in [-0.1, -0.05) is 41.9 Å². The molecule has 0 unspecified atom stereocenters. The Labute approximate surface area is 385 Å². The van der Waals surface area contributed by atoms with Crippen LogP contribution in [-0.4, -0.2) is 75.9 Å². The van der Waals surface area contributed by atoms with Crippen LogP contribution < -0.4 is 32.7 Å². The average Bonchev–Trinajstić information content (AvgIpc) is 3.95. The van der Waals surface area contributed by atoms with Gasteiger partial charge in [0.1, 0.15) is 11.4 Å². The van der Waals surface area contributed by atoms with Gasteiger partial charge < -0.3 is 42.7 Å². The second-order valence-corrected chi connectivity index (χ2v) is 17.7. The van der Waals surface area contributed by atoms with Gasteiger partial charge in [0.05, 0.1) is 46.4 Å². The van der Waals surface area contributed by atoms with Gasteiger partial charge in [-0.15, -0.1) is 0 Å². The summed E-state index contributed by atoms with van der Waals surface area (Å²) in [6.07, 6.45) is 16.0. The number of rotatable bonds is 12. The molecule has 4 atom stereocenters. The molecule has 17 heteroatoms. The van der Waals surface area contributed by atoms with Gasteiger partial charge in [0.25, 0.3) is 11.8 Å². The molecule has 0 bridgehead atoms. The number of benzene rings is 2. The van der Waals surface area contributed by atoms with Gasteiger partial charge in [0.2, 0.25) is 11.9 Å². The largest absolute Gasteiger partial charge is 0.397 e. The van der Waals surface area contributed by atoms with Crippen molar-refractivity contribution in [2.45, 2.75) is 82.0 Å². The number of carbonyl (C=O) groups is 2. The number of hydrogen-bond acceptors (Lipinski definition) is 12. The van der Waals surface area contributed by atoms with E-state index < -0.39 is 0 Å². The zero-order valence-electron chi connectivity index (χ0n) is 36.0. The quantitative estimate of drug-likeness (QED) is 0.0581. The topological polar surface area (TPSA) is 243 Å². The molecule has 6 heterocycles. The first-order chi connectivity index (χ1) is 32.2. The lowest BCUT2D eigenvalue weighted by Gasteiger charge is -2.30. The van der Waals surface area contributed by atoms with E-state index in [1.165, 1.54) is 12.4 Å². The third-order valence-electron chi connectivity index (χ3n) is 12.5. The molecule has 0 radical (unpaired) electrons. The number of H-pyrrole nitrogens is 2. The van der Waals surface area contributed by atoms with E-state index in [0.29, 0.717) is 58.2 Å². The monoisotopic (exact) mass is 900 g/mol. The van der Waals surface area contributed by atoms with Crippen molar-refractivity contribution in [3.63, 3.8) is 0 Å². The SMILES string of the molecule is Nc1ccc(C(=O)N[C@H]2CCC[C@@H](Nc3ncc(Cl)c(-c4cccc5[nH]c(Cc6cnc(N[C@@H]7CCC[C@H](NC(=O)c8ccc(N)cn8)C7)nc6-c6c[nH]c7ccccc67)cc45)n3)C2)nc1. The molecule has 2 aromatic carbocycles. The van der Waals surface area contributed by atoms with Crippen molar-refractivity contribution in [3.8, 4) is 22.5 Å². The van der Waals surface area contributed by atoms with Crippen LogP contribution in [0.5, 0.6) is 0 Å². The lowest BCUT2D eigenvalue weighted by atomic mass is 9.91. The minimum Gasteiger partial charge on any atom is -0.397 e. The van der Waals surface area contributed by atoms with E-state index >= 15 is 0 Å². The number of nitrogens with zero attached hydrogens (tertiary/aromatic N) is 6. The molecule has 2 saturated carbocycles. The maximum atomic E-state index is 13.0. The summed E-state index contributed by atoms with van der Waals surface area (Å²) in [5.41, 5.74) is 20.4. The normalized spacial score (nSPS) is 18.5. The number of nitrogens with two attached hydrogens (primary N) is 2. The van der Waals surface area contributed by atoms with Crippen LogP contribution in [0.15, 0.2) is 104 Å². The molecular formula is C49H49ClN14O2. The second kappa shape index (κ2) is 18.5. The number of carbonyl (C=O) groups excluding carboxylic acids is 2. The zero-order valence-corrected chi connectivity index (χ0v) is 36.8. The van der Waals surface area contributed by atoms with Crippen LogP contribution in [-0.2, 0) is 6.42 Å². The Bertz CT molecular complexity index is 3040. The maximum absolute atomic E-state index is 13.0. The molecule has 10 rings (SSSR count). The summed E-state index contributed by atoms with van der Waals surface area (Å²) < 4.78 is 0. The lowest BCUT2D eigenvalue weighted by Crippen LogP contribution is -2.42. The lowest BCUT2D eigenvalue weighted by molar-refractivity contribution is 0.0913. The highest BCUT2D eigenvalue weighted by atomic mass is 35.5. The van der Waals surface area contributed by atoms with Crippen LogP contribution in [0.2, 0.25) is 5.02 Å². The van der Waals surface area contributed by atoms with Gasteiger partial charge in [-0.05, 0) is 93.8 Å². The van der Waals surface area contributed by atoms with Crippen LogP contribution in [0.25, 0.3) is 44.3 Å². The predicted octanol–water partition coefficient (Wildman–Crippen LogP) is 8.07. The van der Waals surface area contributed by atoms with Crippen molar-refractivity contribution in [3.05, 3.63) is 131 Å². The first-order valence-corrected chi connectivity index (χ1v) is 22.7. The third kappa shape index (κ3) is 9.31. The molecular weight excluding hydrogens is 852 g/mol. The van der Waals surface area contributed by atoms with E-state index in [4.69, 9.17) is 38.0 Å². The molecule has 6 aromatic heterocycles. The molecule has 2 aliphatic rings. The standard InChI is InChI=1S/C49H49ClN14O2/c50-39-26-57-49(62-33-9-4-7-31(20-33)60-47(66)43-17-15-29(52)24-54-43)64-45(39)36-11-5-13-41-37(36)21-34(58-41)18-27-22-56-48(63-44(27)38-25-55-40-12-2-1-10-35(38)40)61-32-8-3-6-30(19-32)59-46(65)42-16-14-28(51)23-53-42/h1-2,5,10-17,21-26,30-33,55,58H,3-4,6-9,18-20,51-52H2,(H,59,65)(H,60,66)(H,56,61,63)(H,57,62,64)/t30-,31-,32+,33+/m0/s1. The Kier molecular flexibility index (Phi) is 11.9. The molecule has 0 spiro atoms. The number of para-hydroxylation sites is 1. The Morgan fingerprint density at radius 3 is 1.89 bits per heavy atom. The first-order valence-electron chi connectivity index (χ1n) is 22.3. The van der Waals surface area contributed by atoms with Gasteiger partial charge in [-0.2, -0.15) is 0 Å². The summed E-state index contributed by atoms with van der Waals surface area (Å²) in [5.74, 6) is 0.568. The number of anilines is 4. The van der Waals surface area contributed by atoms with E-state index in [0.717, 1.165) is 94.8 Å². The van der Waals surface area contributed by atoms with Gasteiger partial charge in [-0.3, -0.25) is 9.59 Å². The summed E-state index contributed by atoms with van der Waals surface area (Å²) in [7, 11) is 0. The number of halogens is 1. The van der Waals surface area contributed by atoms with E-state index in [2.05, 4.69) is 64.4 Å². The number of aromatic amines is 2. The Hall–Kier alpha value is -7.59. The fourth-order valence-corrected chi connectivity index (χ4v) is 9.51. The first kappa shape index (κ1) is 42.4. The highest BCUT2D eigenvalue weighted by Crippen LogP contribution is 2.36. The molecule has 66 heavy (non-hydrogen) atoms. The minimum atomic E-state index is -0.220. The van der Waals surface area contributed by atoms with Crippen molar-refractivity contribution >= 4 is 68.5 Å². The van der Waals surface area contributed by atoms with Crippen molar-refractivity contribution in [1.82, 2.24) is 50.5 Å². The molecule has 334 valence electrons. The summed E-state index contributed by atoms with van der Waals surface area (Å²) in [6.45, 7) is 0. The molecule has 2 fully saturated rings. The number of aromatic nitrogens is 8. The number of amides is 2. The van der Waals surface area contributed by atoms with Crippen molar-refractivity contribution in [1.29, 1.82) is 0 Å². The highest BCUT2D eigenvalue weighted by molar-refractivity contribution is 6.33. The third-order valence-corrected chi connectivity index (χ3v) is 12.8.